The number of alkyl halides is 6. The Morgan fingerprint density at radius 1 is 1.03 bits per heavy atom. The Labute approximate surface area is 216 Å². The minimum Gasteiger partial charge on any atom is -0.475 e. The van der Waals surface area contributed by atoms with Gasteiger partial charge in [0.15, 0.2) is 0 Å². The molecule has 0 bridgehead atoms. The summed E-state index contributed by atoms with van der Waals surface area (Å²) in [5.41, 5.74) is 3.12. The molecule has 3 aromatic rings. The molecule has 0 fully saturated rings. The number of fused-ring (bicyclic) bond motifs is 1. The average Bonchev–Trinajstić information content (AvgIpc) is 3.10. The van der Waals surface area contributed by atoms with Crippen LogP contribution in [0.4, 0.5) is 26.3 Å². The van der Waals surface area contributed by atoms with Crippen LogP contribution in [-0.2, 0) is 17.5 Å². The number of nitrogens with two attached hydrogens (primary N) is 1. The second-order valence-corrected chi connectivity index (χ2v) is 8.27. The Morgan fingerprint density at radius 2 is 1.55 bits per heavy atom. The van der Waals surface area contributed by atoms with E-state index in [0.717, 1.165) is 17.7 Å². The molecule has 15 heteroatoms. The number of hydrogen-bond acceptors (Lipinski definition) is 4. The fourth-order valence-corrected chi connectivity index (χ4v) is 3.69. The van der Waals surface area contributed by atoms with Crippen molar-refractivity contribution in [3.05, 3.63) is 63.0 Å². The lowest BCUT2D eigenvalue weighted by molar-refractivity contribution is -0.192. The van der Waals surface area contributed by atoms with Gasteiger partial charge in [-0.2, -0.15) is 26.3 Å². The topological polar surface area (TPSA) is 111 Å². The van der Waals surface area contributed by atoms with Crippen LogP contribution in [0, 0.1) is 0 Å². The van der Waals surface area contributed by atoms with Crippen molar-refractivity contribution < 1.29 is 41.0 Å². The first kappa shape index (κ1) is 30.7. The molecule has 208 valence electrons. The van der Waals surface area contributed by atoms with Gasteiger partial charge in [0.2, 0.25) is 5.91 Å². The summed E-state index contributed by atoms with van der Waals surface area (Å²) in [6, 6.07) is 7.86. The number of hydrogen-bond donors (Lipinski definition) is 2. The number of aliphatic carboxylic acids is 1. The summed E-state index contributed by atoms with van der Waals surface area (Å²) < 4.78 is 75.9. The van der Waals surface area contributed by atoms with Crippen LogP contribution in [0.5, 0.6) is 0 Å². The Bertz CT molecular complexity index is 1360. The van der Waals surface area contributed by atoms with E-state index in [1.165, 1.54) is 34.9 Å². The molecule has 8 nitrogen and oxygen atoms in total. The van der Waals surface area contributed by atoms with E-state index in [1.54, 1.807) is 0 Å². The first-order valence-corrected chi connectivity index (χ1v) is 11.3. The zero-order chi connectivity index (χ0) is 29.0. The van der Waals surface area contributed by atoms with Gasteiger partial charge >= 0.3 is 24.0 Å². The van der Waals surface area contributed by atoms with Gasteiger partial charge in [-0.15, -0.1) is 0 Å². The lowest BCUT2D eigenvalue weighted by atomic mass is 10.1. The average molecular weight is 569 g/mol. The third-order valence-electron chi connectivity index (χ3n) is 5.48. The van der Waals surface area contributed by atoms with Gasteiger partial charge in [-0.25, -0.2) is 9.59 Å². The number of aromatic nitrogens is 2. The molecule has 0 aliphatic rings. The molecule has 38 heavy (non-hydrogen) atoms. The van der Waals surface area contributed by atoms with Gasteiger partial charge in [-0.3, -0.25) is 13.9 Å². The summed E-state index contributed by atoms with van der Waals surface area (Å²) in [5, 5.41) is 7.51. The van der Waals surface area contributed by atoms with Crippen LogP contribution in [0.1, 0.15) is 29.8 Å². The van der Waals surface area contributed by atoms with Gasteiger partial charge in [-0.05, 0) is 49.5 Å². The lowest BCUT2D eigenvalue weighted by Gasteiger charge is -2.18. The molecular weight excluding hydrogens is 546 g/mol. The van der Waals surface area contributed by atoms with E-state index in [-0.39, 0.29) is 28.8 Å². The van der Waals surface area contributed by atoms with E-state index in [9.17, 15) is 35.9 Å². The monoisotopic (exact) mass is 568 g/mol. The number of rotatable bonds is 7. The standard InChI is InChI=1S/C21H22ClF3N4O2.C2HF3O2/c1-3-27(4-2)9-10-28-17-12-13(19(26)30)11-16(21(23,24)25)18(17)29(20(28)31)15-7-5-14(22)6-8-15;3-2(4,5)1(6)7/h5-8,11-12H,3-4,9-10H2,1-2H3,(H2,26,30);(H,6,7). The molecule has 0 saturated carbocycles. The highest BCUT2D eigenvalue weighted by molar-refractivity contribution is 6.30. The predicted octanol–water partition coefficient (Wildman–Crippen LogP) is 4.54. The molecule has 1 amide bonds. The zero-order valence-corrected chi connectivity index (χ0v) is 20.8. The van der Waals surface area contributed by atoms with E-state index < -0.39 is 35.5 Å². The molecule has 1 aromatic heterocycles. The summed E-state index contributed by atoms with van der Waals surface area (Å²) in [6.07, 6.45) is -9.89. The summed E-state index contributed by atoms with van der Waals surface area (Å²) in [4.78, 5) is 36.0. The lowest BCUT2D eigenvalue weighted by Crippen LogP contribution is -2.31. The van der Waals surface area contributed by atoms with Crippen molar-refractivity contribution in [2.24, 2.45) is 5.73 Å². The Kier molecular flexibility index (Phi) is 9.61. The third kappa shape index (κ3) is 7.07. The minimum atomic E-state index is -5.08. The number of carbonyl (C=O) groups excluding carboxylic acids is 1. The molecule has 1 heterocycles. The number of halogens is 7. The molecule has 0 spiro atoms. The number of benzene rings is 2. The van der Waals surface area contributed by atoms with Crippen LogP contribution in [0.2, 0.25) is 5.02 Å². The maximum Gasteiger partial charge on any atom is 0.490 e. The van der Waals surface area contributed by atoms with Crippen LogP contribution >= 0.6 is 11.6 Å². The fraction of sp³-hybridized carbons (Fsp3) is 0.348. The number of nitrogens with zero attached hydrogens (tertiary/aromatic N) is 3. The van der Waals surface area contributed by atoms with E-state index in [0.29, 0.717) is 17.6 Å². The highest BCUT2D eigenvalue weighted by atomic mass is 35.5. The molecule has 2 aromatic carbocycles. The number of carbonyl (C=O) groups is 2. The van der Waals surface area contributed by atoms with Crippen molar-refractivity contribution in [1.82, 2.24) is 14.0 Å². The summed E-state index contributed by atoms with van der Waals surface area (Å²) >= 11 is 5.91. The Morgan fingerprint density at radius 3 is 1.97 bits per heavy atom. The largest absolute Gasteiger partial charge is 0.490 e. The van der Waals surface area contributed by atoms with Crippen LogP contribution in [0.3, 0.4) is 0 Å². The quantitative estimate of drug-likeness (QED) is 0.407. The second-order valence-electron chi connectivity index (χ2n) is 7.83. The molecule has 0 saturated heterocycles. The number of carboxylic acids is 1. The van der Waals surface area contributed by atoms with Gasteiger partial charge in [0.05, 0.1) is 22.3 Å². The molecule has 0 atom stereocenters. The van der Waals surface area contributed by atoms with E-state index in [4.69, 9.17) is 27.2 Å². The van der Waals surface area contributed by atoms with Crippen LogP contribution in [-0.4, -0.2) is 56.8 Å². The summed E-state index contributed by atoms with van der Waals surface area (Å²) in [5.74, 6) is -3.76. The first-order valence-electron chi connectivity index (χ1n) is 11.0. The summed E-state index contributed by atoms with van der Waals surface area (Å²) in [6.45, 7) is 5.96. The number of primary amides is 1. The van der Waals surface area contributed by atoms with Crippen molar-refractivity contribution in [2.45, 2.75) is 32.7 Å². The van der Waals surface area contributed by atoms with Crippen molar-refractivity contribution in [2.75, 3.05) is 19.6 Å². The van der Waals surface area contributed by atoms with Crippen LogP contribution in [0.25, 0.3) is 16.7 Å². The minimum absolute atomic E-state index is 0.00395. The Hall–Kier alpha value is -3.52. The second kappa shape index (κ2) is 11.9. The molecular formula is C23H23ClF6N4O4. The van der Waals surface area contributed by atoms with Gasteiger partial charge in [0.1, 0.15) is 0 Å². The summed E-state index contributed by atoms with van der Waals surface area (Å²) in [7, 11) is 0. The number of amides is 1. The fourth-order valence-electron chi connectivity index (χ4n) is 3.56. The number of likely N-dealkylation sites (N-methyl/N-ethyl adjacent to an activating group) is 1. The Balaban J connectivity index is 0.000000638. The van der Waals surface area contributed by atoms with Crippen molar-refractivity contribution in [3.63, 3.8) is 0 Å². The predicted molar refractivity (Wildman–Crippen MR) is 128 cm³/mol. The smallest absolute Gasteiger partial charge is 0.475 e. The van der Waals surface area contributed by atoms with E-state index in [1.807, 2.05) is 18.7 Å². The molecule has 0 unspecified atom stereocenters. The van der Waals surface area contributed by atoms with Crippen molar-refractivity contribution in [3.8, 4) is 5.69 Å². The molecule has 3 N–H and O–H groups in total. The molecule has 0 aliphatic heterocycles. The van der Waals surface area contributed by atoms with Crippen molar-refractivity contribution >= 4 is 34.5 Å². The SMILES string of the molecule is CCN(CC)CCn1c(=O)n(-c2ccc(Cl)cc2)c2c(C(F)(F)F)cc(C(N)=O)cc21.O=C(O)C(F)(F)F. The normalized spacial score (nSPS) is 11.9. The molecule has 3 rings (SSSR count). The van der Waals surface area contributed by atoms with Gasteiger partial charge in [0.25, 0.3) is 0 Å². The van der Waals surface area contributed by atoms with E-state index in [2.05, 4.69) is 0 Å². The van der Waals surface area contributed by atoms with Gasteiger partial charge in [-0.1, -0.05) is 25.4 Å². The number of imidazole rings is 1. The highest BCUT2D eigenvalue weighted by Gasteiger charge is 2.38. The van der Waals surface area contributed by atoms with E-state index >= 15 is 0 Å². The maximum absolute atomic E-state index is 14.0. The molecule has 0 radical (unpaired) electrons. The van der Waals surface area contributed by atoms with Crippen molar-refractivity contribution in [1.29, 1.82) is 0 Å². The zero-order valence-electron chi connectivity index (χ0n) is 20.0. The highest BCUT2D eigenvalue weighted by Crippen LogP contribution is 2.36. The first-order chi connectivity index (χ1) is 17.5. The number of carboxylic acid groups (broad SMARTS) is 1. The van der Waals surface area contributed by atoms with Gasteiger partial charge < -0.3 is 15.7 Å². The van der Waals surface area contributed by atoms with Crippen LogP contribution < -0.4 is 11.4 Å². The van der Waals surface area contributed by atoms with Gasteiger partial charge in [0, 0.05) is 23.7 Å². The van der Waals surface area contributed by atoms with Crippen LogP contribution in [0.15, 0.2) is 41.2 Å². The maximum atomic E-state index is 14.0. The molecule has 0 aliphatic carbocycles. The third-order valence-corrected chi connectivity index (χ3v) is 5.73.